The van der Waals surface area contributed by atoms with Crippen LogP contribution in [0.3, 0.4) is 0 Å². The molecule has 0 saturated heterocycles. The molecule has 0 bridgehead atoms. The molecule has 0 amide bonds. The molecule has 2 aromatic rings. The van der Waals surface area contributed by atoms with Crippen molar-refractivity contribution in [1.82, 2.24) is 0 Å². The van der Waals surface area contributed by atoms with E-state index >= 15 is 0 Å². The molecule has 0 saturated carbocycles. The third kappa shape index (κ3) is 3.48. The minimum atomic E-state index is -3.15. The summed E-state index contributed by atoms with van der Waals surface area (Å²) in [5.41, 5.74) is 4.84. The zero-order chi connectivity index (χ0) is 16.4. The standard InChI is InChI=1S/C19H20O3S/c1-22-18-9-6-17-12-15(4-3-5-16(17)13-18)14-7-10-19(11-8-14)23(2,20)21/h6-13H,3-5H2,1-2H3. The molecule has 0 N–H and O–H groups in total. The van der Waals surface area contributed by atoms with E-state index in [0.29, 0.717) is 4.90 Å². The molecule has 2 aromatic carbocycles. The molecule has 1 aliphatic rings. The maximum atomic E-state index is 11.6. The highest BCUT2D eigenvalue weighted by molar-refractivity contribution is 7.90. The van der Waals surface area contributed by atoms with Gasteiger partial charge in [-0.1, -0.05) is 24.3 Å². The van der Waals surface area contributed by atoms with Crippen molar-refractivity contribution in [3.05, 3.63) is 59.2 Å². The van der Waals surface area contributed by atoms with E-state index in [0.717, 1.165) is 30.6 Å². The third-order valence-electron chi connectivity index (χ3n) is 4.23. The van der Waals surface area contributed by atoms with E-state index < -0.39 is 9.84 Å². The normalized spacial score (nSPS) is 14.6. The minimum absolute atomic E-state index is 0.362. The van der Waals surface area contributed by atoms with E-state index in [9.17, 15) is 8.42 Å². The van der Waals surface area contributed by atoms with Crippen molar-refractivity contribution in [1.29, 1.82) is 0 Å². The highest BCUT2D eigenvalue weighted by Crippen LogP contribution is 2.31. The van der Waals surface area contributed by atoms with Crippen molar-refractivity contribution in [2.24, 2.45) is 0 Å². The Morgan fingerprint density at radius 2 is 1.74 bits per heavy atom. The van der Waals surface area contributed by atoms with Crippen molar-refractivity contribution in [2.45, 2.75) is 24.2 Å². The summed E-state index contributed by atoms with van der Waals surface area (Å²) in [6, 6.07) is 13.3. The lowest BCUT2D eigenvalue weighted by Gasteiger charge is -2.07. The fourth-order valence-electron chi connectivity index (χ4n) is 2.94. The molecule has 0 radical (unpaired) electrons. The molecule has 23 heavy (non-hydrogen) atoms. The van der Waals surface area contributed by atoms with Gasteiger partial charge in [-0.25, -0.2) is 8.42 Å². The molecule has 0 aromatic heterocycles. The van der Waals surface area contributed by atoms with E-state index in [1.54, 1.807) is 19.2 Å². The number of fused-ring (bicyclic) bond motifs is 1. The Kier molecular flexibility index (Phi) is 4.26. The van der Waals surface area contributed by atoms with Crippen LogP contribution in [0.25, 0.3) is 11.6 Å². The molecule has 0 fully saturated rings. The first-order chi connectivity index (χ1) is 11.0. The smallest absolute Gasteiger partial charge is 0.175 e. The Morgan fingerprint density at radius 3 is 2.39 bits per heavy atom. The zero-order valence-corrected chi connectivity index (χ0v) is 14.2. The second-order valence-electron chi connectivity index (χ2n) is 5.88. The number of sulfone groups is 1. The van der Waals surface area contributed by atoms with Crippen LogP contribution < -0.4 is 4.74 Å². The number of benzene rings is 2. The summed E-state index contributed by atoms with van der Waals surface area (Å²) in [6.45, 7) is 0. The lowest BCUT2D eigenvalue weighted by molar-refractivity contribution is 0.414. The third-order valence-corrected chi connectivity index (χ3v) is 5.35. The van der Waals surface area contributed by atoms with E-state index in [4.69, 9.17) is 4.74 Å². The van der Waals surface area contributed by atoms with Gasteiger partial charge in [-0.05, 0) is 65.8 Å². The first-order valence-corrected chi connectivity index (χ1v) is 9.54. The molecule has 120 valence electrons. The van der Waals surface area contributed by atoms with Gasteiger partial charge in [0.15, 0.2) is 9.84 Å². The van der Waals surface area contributed by atoms with Crippen molar-refractivity contribution >= 4 is 21.5 Å². The Bertz CT molecular complexity index is 847. The first kappa shape index (κ1) is 15.8. The van der Waals surface area contributed by atoms with Crippen LogP contribution in [0.2, 0.25) is 0 Å². The second kappa shape index (κ2) is 6.20. The van der Waals surface area contributed by atoms with Crippen LogP contribution in [0.5, 0.6) is 5.75 Å². The van der Waals surface area contributed by atoms with Gasteiger partial charge in [0.25, 0.3) is 0 Å². The highest BCUT2D eigenvalue weighted by atomic mass is 32.2. The van der Waals surface area contributed by atoms with Crippen molar-refractivity contribution < 1.29 is 13.2 Å². The highest BCUT2D eigenvalue weighted by Gasteiger charge is 2.12. The molecule has 0 unspecified atom stereocenters. The van der Waals surface area contributed by atoms with Gasteiger partial charge in [0.1, 0.15) is 5.75 Å². The average molecular weight is 328 g/mol. The Morgan fingerprint density at radius 1 is 1.00 bits per heavy atom. The first-order valence-electron chi connectivity index (χ1n) is 7.65. The molecule has 0 atom stereocenters. The number of rotatable bonds is 3. The van der Waals surface area contributed by atoms with Crippen molar-refractivity contribution in [3.63, 3.8) is 0 Å². The van der Waals surface area contributed by atoms with Gasteiger partial charge in [0.2, 0.25) is 0 Å². The topological polar surface area (TPSA) is 43.4 Å². The van der Waals surface area contributed by atoms with Gasteiger partial charge < -0.3 is 4.74 Å². The van der Waals surface area contributed by atoms with E-state index in [-0.39, 0.29) is 0 Å². The number of aryl methyl sites for hydroxylation is 1. The van der Waals surface area contributed by atoms with Crippen molar-refractivity contribution in [3.8, 4) is 5.75 Å². The van der Waals surface area contributed by atoms with E-state index in [1.807, 2.05) is 18.2 Å². The van der Waals surface area contributed by atoms with Crippen molar-refractivity contribution in [2.75, 3.05) is 13.4 Å². The maximum absolute atomic E-state index is 11.6. The summed E-state index contributed by atoms with van der Waals surface area (Å²) in [7, 11) is -1.46. The van der Waals surface area contributed by atoms with Gasteiger partial charge in [-0.2, -0.15) is 0 Å². The van der Waals surface area contributed by atoms with Crippen LogP contribution >= 0.6 is 0 Å². The summed E-state index contributed by atoms with van der Waals surface area (Å²) in [4.78, 5) is 0.362. The van der Waals surface area contributed by atoms with E-state index in [1.165, 1.54) is 23.0 Å². The second-order valence-corrected chi connectivity index (χ2v) is 7.90. The Hall–Kier alpha value is -2.07. The maximum Gasteiger partial charge on any atom is 0.175 e. The van der Waals surface area contributed by atoms with Crippen LogP contribution in [0, 0.1) is 0 Å². The zero-order valence-electron chi connectivity index (χ0n) is 13.4. The molecule has 3 rings (SSSR count). The fourth-order valence-corrected chi connectivity index (χ4v) is 3.57. The number of allylic oxidation sites excluding steroid dienone is 1. The van der Waals surface area contributed by atoms with Gasteiger partial charge in [-0.3, -0.25) is 0 Å². The molecular formula is C19H20O3S. The summed E-state index contributed by atoms with van der Waals surface area (Å²) >= 11 is 0. The van der Waals surface area contributed by atoms with Gasteiger partial charge >= 0.3 is 0 Å². The van der Waals surface area contributed by atoms with Crippen LogP contribution in [0.4, 0.5) is 0 Å². The lowest BCUT2D eigenvalue weighted by Crippen LogP contribution is -1.96. The molecule has 0 spiro atoms. The van der Waals surface area contributed by atoms with E-state index in [2.05, 4.69) is 18.2 Å². The molecular weight excluding hydrogens is 308 g/mol. The Balaban J connectivity index is 1.97. The molecule has 3 nitrogen and oxygen atoms in total. The summed E-state index contributed by atoms with van der Waals surface area (Å²) in [5.74, 6) is 0.887. The predicted octanol–water partition coefficient (Wildman–Crippen LogP) is 3.98. The molecule has 0 aliphatic heterocycles. The summed E-state index contributed by atoms with van der Waals surface area (Å²) < 4.78 is 28.4. The number of hydrogen-bond acceptors (Lipinski definition) is 3. The molecule has 4 heteroatoms. The number of methoxy groups -OCH3 is 1. The number of hydrogen-bond donors (Lipinski definition) is 0. The SMILES string of the molecule is COc1ccc2c(c1)CCCC(c1ccc(S(C)(=O)=O)cc1)=C2. The van der Waals surface area contributed by atoms with Crippen LogP contribution in [-0.4, -0.2) is 21.8 Å². The number of ether oxygens (including phenoxy) is 1. The monoisotopic (exact) mass is 328 g/mol. The Labute approximate surface area is 137 Å². The van der Waals surface area contributed by atoms with Gasteiger partial charge in [0, 0.05) is 6.26 Å². The largest absolute Gasteiger partial charge is 0.497 e. The average Bonchev–Trinajstić information content (AvgIpc) is 2.75. The van der Waals surface area contributed by atoms with Crippen LogP contribution in [0.15, 0.2) is 47.4 Å². The quantitative estimate of drug-likeness (QED) is 0.856. The molecule has 1 aliphatic carbocycles. The summed E-state index contributed by atoms with van der Waals surface area (Å²) in [5, 5.41) is 0. The van der Waals surface area contributed by atoms with Crippen LogP contribution in [0.1, 0.15) is 29.5 Å². The molecule has 0 heterocycles. The van der Waals surface area contributed by atoms with Crippen LogP contribution in [-0.2, 0) is 16.3 Å². The van der Waals surface area contributed by atoms with Gasteiger partial charge in [0.05, 0.1) is 12.0 Å². The minimum Gasteiger partial charge on any atom is -0.497 e. The fraction of sp³-hybridized carbons (Fsp3) is 0.263. The van der Waals surface area contributed by atoms with Gasteiger partial charge in [-0.15, -0.1) is 0 Å². The predicted molar refractivity (Wildman–Crippen MR) is 93.4 cm³/mol. The summed E-state index contributed by atoms with van der Waals surface area (Å²) in [6.07, 6.45) is 6.51. The lowest BCUT2D eigenvalue weighted by atomic mass is 10.0.